The maximum atomic E-state index is 13.0. The number of amides is 1. The maximum absolute atomic E-state index is 13.0. The van der Waals surface area contributed by atoms with E-state index < -0.39 is 11.4 Å². The van der Waals surface area contributed by atoms with Crippen LogP contribution in [0.4, 0.5) is 9.52 Å². The first-order valence-corrected chi connectivity index (χ1v) is 12.4. The van der Waals surface area contributed by atoms with Crippen LogP contribution in [-0.2, 0) is 11.2 Å². The predicted octanol–water partition coefficient (Wildman–Crippen LogP) is 6.15. The van der Waals surface area contributed by atoms with Crippen molar-refractivity contribution in [2.24, 2.45) is 0 Å². The van der Waals surface area contributed by atoms with Crippen LogP contribution in [0.5, 0.6) is 5.75 Å². The van der Waals surface area contributed by atoms with Crippen LogP contribution in [0.2, 0.25) is 0 Å². The molecule has 4 rings (SSSR count). The molecule has 0 spiro atoms. The molecular formula is C24H23FN4O3S2. The van der Waals surface area contributed by atoms with Crippen LogP contribution in [-0.4, -0.2) is 26.3 Å². The van der Waals surface area contributed by atoms with E-state index >= 15 is 0 Å². The number of ether oxygens (including phenoxy) is 1. The minimum Gasteiger partial charge on any atom is -0.481 e. The molecule has 2 unspecified atom stereocenters. The van der Waals surface area contributed by atoms with E-state index in [1.54, 1.807) is 13.8 Å². The Morgan fingerprint density at radius 3 is 2.59 bits per heavy atom. The molecule has 0 aliphatic heterocycles. The third kappa shape index (κ3) is 6.00. The molecule has 2 heterocycles. The van der Waals surface area contributed by atoms with Gasteiger partial charge >= 0.3 is 0 Å². The molecule has 1 amide bonds. The zero-order chi connectivity index (χ0) is 24.1. The summed E-state index contributed by atoms with van der Waals surface area (Å²) in [6.07, 6.45) is 0.451. The number of thiazole rings is 1. The highest BCUT2D eigenvalue weighted by atomic mass is 32.2. The number of hydrogen-bond donors (Lipinski definition) is 1. The van der Waals surface area contributed by atoms with Gasteiger partial charge in [0.05, 0.1) is 10.9 Å². The number of anilines is 1. The summed E-state index contributed by atoms with van der Waals surface area (Å²) in [5.41, 5.74) is 3.09. The summed E-state index contributed by atoms with van der Waals surface area (Å²) >= 11 is 2.52. The molecule has 0 saturated carbocycles. The summed E-state index contributed by atoms with van der Waals surface area (Å²) in [5, 5.41) is 13.0. The van der Waals surface area contributed by atoms with E-state index in [4.69, 9.17) is 9.15 Å². The lowest BCUT2D eigenvalue weighted by Crippen LogP contribution is -2.22. The van der Waals surface area contributed by atoms with Crippen molar-refractivity contribution in [2.75, 3.05) is 5.32 Å². The fourth-order valence-corrected chi connectivity index (χ4v) is 4.40. The number of nitrogens with zero attached hydrogens (tertiary/aromatic N) is 3. The molecule has 0 fully saturated rings. The number of rotatable bonds is 9. The lowest BCUT2D eigenvalue weighted by molar-refractivity contribution is -0.115. The molecule has 176 valence electrons. The van der Waals surface area contributed by atoms with Gasteiger partial charge in [0.1, 0.15) is 11.6 Å². The van der Waals surface area contributed by atoms with Crippen molar-refractivity contribution < 1.29 is 18.3 Å². The van der Waals surface area contributed by atoms with Gasteiger partial charge in [0.15, 0.2) is 11.2 Å². The Hall–Kier alpha value is -3.24. The Kier molecular flexibility index (Phi) is 7.59. The summed E-state index contributed by atoms with van der Waals surface area (Å²) in [6, 6.07) is 13.9. The van der Waals surface area contributed by atoms with E-state index in [2.05, 4.69) is 39.6 Å². The zero-order valence-corrected chi connectivity index (χ0v) is 20.5. The van der Waals surface area contributed by atoms with Crippen LogP contribution >= 0.6 is 23.1 Å². The number of nitrogens with one attached hydrogen (secondary N) is 1. The summed E-state index contributed by atoms with van der Waals surface area (Å²) in [6.45, 7) is 5.61. The molecular weight excluding hydrogens is 475 g/mol. The molecule has 1 N–H and O–H groups in total. The molecule has 34 heavy (non-hydrogen) atoms. The zero-order valence-electron chi connectivity index (χ0n) is 18.8. The van der Waals surface area contributed by atoms with Gasteiger partial charge in [0, 0.05) is 10.9 Å². The average Bonchev–Trinajstić information content (AvgIpc) is 3.50. The molecule has 0 aliphatic carbocycles. The molecule has 2 aromatic heterocycles. The second kappa shape index (κ2) is 10.8. The Morgan fingerprint density at radius 1 is 1.15 bits per heavy atom. The topological polar surface area (TPSA) is 90.1 Å². The summed E-state index contributed by atoms with van der Waals surface area (Å²) in [4.78, 5) is 17.2. The molecule has 10 heteroatoms. The van der Waals surface area contributed by atoms with Crippen LogP contribution in [0.1, 0.15) is 38.3 Å². The van der Waals surface area contributed by atoms with Gasteiger partial charge in [0.2, 0.25) is 5.91 Å². The van der Waals surface area contributed by atoms with E-state index in [0.717, 1.165) is 29.4 Å². The molecule has 0 bridgehead atoms. The number of carbonyl (C=O) groups is 1. The van der Waals surface area contributed by atoms with Crippen molar-refractivity contribution in [3.8, 4) is 17.0 Å². The standard InChI is InChI=1S/C24H23FN4O3S2/c1-4-16-5-7-17(8-6-16)20-13-33-23(26-20)27-21(30)15(3)34-24-29-28-22(32-24)14(2)31-19-11-9-18(25)10-12-19/h5-15H,4H2,1-3H3,(H,26,27,30). The number of benzene rings is 2. The SMILES string of the molecule is CCc1ccc(-c2csc(NC(=O)C(C)Sc3nnc(C(C)Oc4ccc(F)cc4)o3)n2)cc1. The monoisotopic (exact) mass is 498 g/mol. The van der Waals surface area contributed by atoms with Crippen LogP contribution in [0.25, 0.3) is 11.3 Å². The van der Waals surface area contributed by atoms with Gasteiger partial charge < -0.3 is 14.5 Å². The van der Waals surface area contributed by atoms with Crippen LogP contribution in [0, 0.1) is 5.82 Å². The number of halogens is 1. The van der Waals surface area contributed by atoms with Gasteiger partial charge in [-0.2, -0.15) is 0 Å². The van der Waals surface area contributed by atoms with Crippen LogP contribution in [0.15, 0.2) is 63.6 Å². The number of aromatic nitrogens is 3. The second-order valence-electron chi connectivity index (χ2n) is 7.46. The van der Waals surface area contributed by atoms with Crippen molar-refractivity contribution in [1.29, 1.82) is 0 Å². The van der Waals surface area contributed by atoms with Gasteiger partial charge in [-0.3, -0.25) is 4.79 Å². The van der Waals surface area contributed by atoms with E-state index in [1.165, 1.54) is 41.2 Å². The number of aryl methyl sites for hydroxylation is 1. The van der Waals surface area contributed by atoms with Crippen molar-refractivity contribution in [3.05, 3.63) is 71.2 Å². The second-order valence-corrected chi connectivity index (χ2v) is 9.61. The third-order valence-electron chi connectivity index (χ3n) is 4.94. The Morgan fingerprint density at radius 2 is 1.88 bits per heavy atom. The molecule has 2 aromatic carbocycles. The van der Waals surface area contributed by atoms with Crippen molar-refractivity contribution >= 4 is 34.1 Å². The summed E-state index contributed by atoms with van der Waals surface area (Å²) in [5.74, 6) is 0.183. The van der Waals surface area contributed by atoms with Gasteiger partial charge in [-0.15, -0.1) is 21.5 Å². The van der Waals surface area contributed by atoms with Crippen molar-refractivity contribution in [1.82, 2.24) is 15.2 Å². The number of hydrogen-bond acceptors (Lipinski definition) is 8. The van der Waals surface area contributed by atoms with Gasteiger partial charge in [-0.25, -0.2) is 9.37 Å². The Bertz CT molecular complexity index is 1240. The first-order chi connectivity index (χ1) is 16.4. The van der Waals surface area contributed by atoms with Gasteiger partial charge in [-0.05, 0) is 50.1 Å². The Labute approximate surface area is 204 Å². The fraction of sp³-hybridized carbons (Fsp3) is 0.250. The van der Waals surface area contributed by atoms with E-state index in [0.29, 0.717) is 10.9 Å². The molecule has 0 radical (unpaired) electrons. The third-order valence-corrected chi connectivity index (χ3v) is 6.63. The smallest absolute Gasteiger partial charge is 0.277 e. The normalized spacial score (nSPS) is 12.8. The van der Waals surface area contributed by atoms with Crippen LogP contribution < -0.4 is 10.1 Å². The quantitative estimate of drug-likeness (QED) is 0.277. The molecule has 0 saturated heterocycles. The van der Waals surface area contributed by atoms with Gasteiger partial charge in [0.25, 0.3) is 11.1 Å². The maximum Gasteiger partial charge on any atom is 0.277 e. The largest absolute Gasteiger partial charge is 0.481 e. The molecule has 0 aliphatic rings. The van der Waals surface area contributed by atoms with Crippen molar-refractivity contribution in [3.63, 3.8) is 0 Å². The summed E-state index contributed by atoms with van der Waals surface area (Å²) in [7, 11) is 0. The van der Waals surface area contributed by atoms with Crippen molar-refractivity contribution in [2.45, 2.75) is 43.8 Å². The lowest BCUT2D eigenvalue weighted by Gasteiger charge is -2.10. The highest BCUT2D eigenvalue weighted by Crippen LogP contribution is 2.29. The average molecular weight is 499 g/mol. The first-order valence-electron chi connectivity index (χ1n) is 10.7. The van der Waals surface area contributed by atoms with Crippen LogP contribution in [0.3, 0.4) is 0 Å². The minimum atomic E-state index is -0.531. The number of thioether (sulfide) groups is 1. The summed E-state index contributed by atoms with van der Waals surface area (Å²) < 4.78 is 24.4. The highest BCUT2D eigenvalue weighted by Gasteiger charge is 2.22. The molecule has 7 nitrogen and oxygen atoms in total. The molecule has 2 atom stereocenters. The Balaban J connectivity index is 1.32. The lowest BCUT2D eigenvalue weighted by atomic mass is 10.1. The van der Waals surface area contributed by atoms with E-state index in [9.17, 15) is 9.18 Å². The van der Waals surface area contributed by atoms with Gasteiger partial charge in [-0.1, -0.05) is 43.0 Å². The minimum absolute atomic E-state index is 0.220. The molecule has 4 aromatic rings. The first kappa shape index (κ1) is 23.9. The number of carbonyl (C=O) groups excluding carboxylic acids is 1. The predicted molar refractivity (Wildman–Crippen MR) is 131 cm³/mol. The van der Waals surface area contributed by atoms with E-state index in [1.807, 2.05) is 17.5 Å². The highest BCUT2D eigenvalue weighted by molar-refractivity contribution is 8.00. The van der Waals surface area contributed by atoms with E-state index in [-0.39, 0.29) is 22.8 Å². The fourth-order valence-electron chi connectivity index (χ4n) is 2.99.